The van der Waals surface area contributed by atoms with Gasteiger partial charge in [0, 0.05) is 11.8 Å². The molecule has 1 aromatic rings. The number of hydrogen-bond donors (Lipinski definition) is 1. The van der Waals surface area contributed by atoms with Crippen LogP contribution in [0.15, 0.2) is 11.1 Å². The predicted molar refractivity (Wildman–Crippen MR) is 81.3 cm³/mol. The van der Waals surface area contributed by atoms with E-state index in [1.807, 2.05) is 5.32 Å². The molecule has 1 unspecified atom stereocenters. The smallest absolute Gasteiger partial charge is 0.238 e. The van der Waals surface area contributed by atoms with E-state index in [4.69, 9.17) is 0 Å². The van der Waals surface area contributed by atoms with Gasteiger partial charge in [-0.25, -0.2) is 17.6 Å². The summed E-state index contributed by atoms with van der Waals surface area (Å²) in [6, 6.07) is 0.0935. The van der Waals surface area contributed by atoms with Gasteiger partial charge >= 0.3 is 0 Å². The van der Waals surface area contributed by atoms with Gasteiger partial charge in [-0.15, -0.1) is 0 Å². The third kappa shape index (κ3) is 3.75. The summed E-state index contributed by atoms with van der Waals surface area (Å²) in [4.78, 5) is 16.3. The molecule has 0 saturated carbocycles. The maximum absolute atomic E-state index is 13.5. The number of thioether (sulfide) groups is 2. The molecule has 1 atom stereocenters. The Morgan fingerprint density at radius 3 is 2.50 bits per heavy atom. The normalized spacial score (nSPS) is 15.6. The number of nitrogens with zero attached hydrogens (tertiary/aromatic N) is 1. The van der Waals surface area contributed by atoms with Crippen LogP contribution in [0.3, 0.4) is 0 Å². The van der Waals surface area contributed by atoms with E-state index in [0.717, 1.165) is 5.75 Å². The van der Waals surface area contributed by atoms with E-state index < -0.39 is 40.1 Å². The standard InChI is InChI=1S/C13H12F4N2OS2/c1-2-8(22-13-18-3-4-21-13)12(20)19-11-9(16)6(14)5-7(15)10(11)17/h5,8H,2-4H2,1H3,(H,19,20). The number of anilines is 1. The Kier molecular flexibility index (Phi) is 5.74. The van der Waals surface area contributed by atoms with E-state index in [-0.39, 0.29) is 6.07 Å². The zero-order valence-electron chi connectivity index (χ0n) is 11.5. The molecule has 1 aliphatic rings. The molecule has 0 saturated heterocycles. The van der Waals surface area contributed by atoms with Gasteiger partial charge in [0.05, 0.1) is 11.8 Å². The molecule has 0 aliphatic carbocycles. The monoisotopic (exact) mass is 352 g/mol. The Labute approximate surface area is 132 Å². The summed E-state index contributed by atoms with van der Waals surface area (Å²) in [5.74, 6) is -6.29. The van der Waals surface area contributed by atoms with Crippen LogP contribution in [-0.4, -0.2) is 27.8 Å². The minimum Gasteiger partial charge on any atom is -0.320 e. The van der Waals surface area contributed by atoms with Crippen LogP contribution in [0.5, 0.6) is 0 Å². The number of amides is 1. The molecule has 0 bridgehead atoms. The average Bonchev–Trinajstić information content (AvgIpc) is 3.00. The molecule has 0 fully saturated rings. The average molecular weight is 352 g/mol. The van der Waals surface area contributed by atoms with Gasteiger partial charge in [0.25, 0.3) is 0 Å². The predicted octanol–water partition coefficient (Wildman–Crippen LogP) is 3.80. The lowest BCUT2D eigenvalue weighted by atomic mass is 10.2. The number of carbonyl (C=O) groups is 1. The first-order valence-electron chi connectivity index (χ1n) is 6.41. The van der Waals surface area contributed by atoms with Crippen molar-refractivity contribution in [3.63, 3.8) is 0 Å². The molecule has 120 valence electrons. The Balaban J connectivity index is 2.16. The van der Waals surface area contributed by atoms with Gasteiger partial charge in [0.15, 0.2) is 23.3 Å². The number of carbonyl (C=O) groups excluding carboxylic acids is 1. The Morgan fingerprint density at radius 1 is 1.36 bits per heavy atom. The first kappa shape index (κ1) is 17.1. The highest BCUT2D eigenvalue weighted by Gasteiger charge is 2.26. The van der Waals surface area contributed by atoms with Gasteiger partial charge < -0.3 is 5.32 Å². The Morgan fingerprint density at radius 2 is 2.00 bits per heavy atom. The fourth-order valence-electron chi connectivity index (χ4n) is 1.72. The van der Waals surface area contributed by atoms with Crippen LogP contribution < -0.4 is 5.32 Å². The fraction of sp³-hybridized carbons (Fsp3) is 0.385. The van der Waals surface area contributed by atoms with Gasteiger partial charge in [-0.3, -0.25) is 9.79 Å². The first-order chi connectivity index (χ1) is 10.4. The van der Waals surface area contributed by atoms with Crippen LogP contribution >= 0.6 is 23.5 Å². The highest BCUT2D eigenvalue weighted by molar-refractivity contribution is 8.39. The quantitative estimate of drug-likeness (QED) is 0.662. The lowest BCUT2D eigenvalue weighted by molar-refractivity contribution is -0.115. The van der Waals surface area contributed by atoms with Gasteiger partial charge in [-0.05, 0) is 6.42 Å². The summed E-state index contributed by atoms with van der Waals surface area (Å²) < 4.78 is 54.0. The minimum atomic E-state index is -1.63. The molecule has 1 aromatic carbocycles. The number of benzene rings is 1. The fourth-order valence-corrected chi connectivity index (χ4v) is 3.87. The summed E-state index contributed by atoms with van der Waals surface area (Å²) in [5, 5.41) is 1.27. The van der Waals surface area contributed by atoms with Crippen LogP contribution in [-0.2, 0) is 4.79 Å². The van der Waals surface area contributed by atoms with Crippen molar-refractivity contribution in [2.45, 2.75) is 18.6 Å². The summed E-state index contributed by atoms with van der Waals surface area (Å²) in [7, 11) is 0. The zero-order valence-corrected chi connectivity index (χ0v) is 13.1. The molecule has 9 heteroatoms. The zero-order chi connectivity index (χ0) is 16.3. The SMILES string of the molecule is CCC(SC1=NCCS1)C(=O)Nc1c(F)c(F)cc(F)c1F. The van der Waals surface area contributed by atoms with E-state index in [0.29, 0.717) is 17.3 Å². The second kappa shape index (κ2) is 7.36. The molecule has 1 heterocycles. The molecule has 1 amide bonds. The summed E-state index contributed by atoms with van der Waals surface area (Å²) in [6.45, 7) is 2.37. The van der Waals surface area contributed by atoms with Crippen molar-refractivity contribution in [3.8, 4) is 0 Å². The van der Waals surface area contributed by atoms with Crippen LogP contribution in [0.1, 0.15) is 13.3 Å². The molecule has 0 aromatic heterocycles. The van der Waals surface area contributed by atoms with E-state index in [1.54, 1.807) is 6.92 Å². The molecule has 3 nitrogen and oxygen atoms in total. The highest BCUT2D eigenvalue weighted by atomic mass is 32.2. The van der Waals surface area contributed by atoms with Gasteiger partial charge in [-0.1, -0.05) is 30.4 Å². The lowest BCUT2D eigenvalue weighted by Gasteiger charge is -2.15. The van der Waals surface area contributed by atoms with Crippen LogP contribution in [0.4, 0.5) is 23.2 Å². The highest BCUT2D eigenvalue weighted by Crippen LogP contribution is 2.29. The van der Waals surface area contributed by atoms with Gasteiger partial charge in [0.2, 0.25) is 5.91 Å². The maximum atomic E-state index is 13.5. The summed E-state index contributed by atoms with van der Waals surface area (Å²) in [6.07, 6.45) is 0.372. The number of hydrogen-bond acceptors (Lipinski definition) is 4. The number of aliphatic imine (C=N–C) groups is 1. The molecule has 22 heavy (non-hydrogen) atoms. The lowest BCUT2D eigenvalue weighted by Crippen LogP contribution is -2.27. The number of rotatable bonds is 4. The van der Waals surface area contributed by atoms with Crippen molar-refractivity contribution < 1.29 is 22.4 Å². The van der Waals surface area contributed by atoms with E-state index in [2.05, 4.69) is 4.99 Å². The third-order valence-electron chi connectivity index (χ3n) is 2.82. The molecule has 0 spiro atoms. The number of nitrogens with one attached hydrogen (secondary N) is 1. The first-order valence-corrected chi connectivity index (χ1v) is 8.28. The topological polar surface area (TPSA) is 41.5 Å². The number of halogens is 4. The van der Waals surface area contributed by atoms with E-state index >= 15 is 0 Å². The molecular formula is C13H12F4N2OS2. The van der Waals surface area contributed by atoms with Crippen LogP contribution in [0, 0.1) is 23.3 Å². The molecule has 1 N–H and O–H groups in total. The molecule has 1 aliphatic heterocycles. The van der Waals surface area contributed by atoms with Crippen molar-refractivity contribution in [1.82, 2.24) is 0 Å². The van der Waals surface area contributed by atoms with Crippen molar-refractivity contribution in [2.75, 3.05) is 17.6 Å². The van der Waals surface area contributed by atoms with Crippen LogP contribution in [0.25, 0.3) is 0 Å². The van der Waals surface area contributed by atoms with Crippen molar-refractivity contribution >= 4 is 39.5 Å². The van der Waals surface area contributed by atoms with Crippen molar-refractivity contribution in [1.29, 1.82) is 0 Å². The second-order valence-electron chi connectivity index (χ2n) is 4.34. The summed E-state index contributed by atoms with van der Waals surface area (Å²) >= 11 is 2.65. The van der Waals surface area contributed by atoms with Crippen molar-refractivity contribution in [3.05, 3.63) is 29.3 Å². The largest absolute Gasteiger partial charge is 0.320 e. The Hall–Kier alpha value is -1.22. The Bertz CT molecular complexity index is 598. The van der Waals surface area contributed by atoms with E-state index in [1.165, 1.54) is 23.5 Å². The van der Waals surface area contributed by atoms with E-state index in [9.17, 15) is 22.4 Å². The van der Waals surface area contributed by atoms with Crippen LogP contribution in [0.2, 0.25) is 0 Å². The summed E-state index contributed by atoms with van der Waals surface area (Å²) in [5.41, 5.74) is -1.11. The van der Waals surface area contributed by atoms with Gasteiger partial charge in [0.1, 0.15) is 10.1 Å². The molecule has 2 rings (SSSR count). The molecular weight excluding hydrogens is 340 g/mol. The minimum absolute atomic E-state index is 0.0935. The van der Waals surface area contributed by atoms with Gasteiger partial charge in [-0.2, -0.15) is 0 Å². The molecule has 0 radical (unpaired) electrons. The second-order valence-corrected chi connectivity index (χ2v) is 6.88. The van der Waals surface area contributed by atoms with Crippen molar-refractivity contribution in [2.24, 2.45) is 4.99 Å². The maximum Gasteiger partial charge on any atom is 0.238 e. The third-order valence-corrected chi connectivity index (χ3v) is 5.39.